The van der Waals surface area contributed by atoms with Crippen molar-refractivity contribution in [2.75, 3.05) is 13.6 Å². The first-order valence-corrected chi connectivity index (χ1v) is 6.56. The zero-order chi connectivity index (χ0) is 16.0. The molecule has 4 nitrogen and oxygen atoms in total. The lowest BCUT2D eigenvalue weighted by Gasteiger charge is -2.20. The van der Waals surface area contributed by atoms with E-state index < -0.39 is 6.36 Å². The zero-order valence-electron chi connectivity index (χ0n) is 12.2. The van der Waals surface area contributed by atoms with E-state index in [9.17, 15) is 18.0 Å². The van der Waals surface area contributed by atoms with E-state index in [1.54, 1.807) is 18.9 Å². The zero-order valence-corrected chi connectivity index (χ0v) is 12.2. The van der Waals surface area contributed by atoms with Gasteiger partial charge in [-0.05, 0) is 31.5 Å². The van der Waals surface area contributed by atoms with Crippen LogP contribution in [0.3, 0.4) is 0 Å². The van der Waals surface area contributed by atoms with E-state index >= 15 is 0 Å². The van der Waals surface area contributed by atoms with E-state index in [1.165, 1.54) is 24.3 Å². The van der Waals surface area contributed by atoms with Gasteiger partial charge in [0, 0.05) is 20.1 Å². The van der Waals surface area contributed by atoms with Crippen molar-refractivity contribution in [3.05, 3.63) is 29.8 Å². The van der Waals surface area contributed by atoms with Gasteiger partial charge in [0.15, 0.2) is 0 Å². The number of hydrogen-bond acceptors (Lipinski definition) is 3. The molecule has 1 aromatic carbocycles. The van der Waals surface area contributed by atoms with Gasteiger partial charge in [0.1, 0.15) is 5.75 Å². The summed E-state index contributed by atoms with van der Waals surface area (Å²) in [5, 5.41) is 3.03. The Hall–Kier alpha value is -1.76. The quantitative estimate of drug-likeness (QED) is 0.878. The van der Waals surface area contributed by atoms with Crippen LogP contribution in [0.25, 0.3) is 0 Å². The van der Waals surface area contributed by atoms with Gasteiger partial charge in [-0.2, -0.15) is 0 Å². The number of ether oxygens (including phenoxy) is 1. The largest absolute Gasteiger partial charge is 0.573 e. The van der Waals surface area contributed by atoms with Crippen LogP contribution in [0.4, 0.5) is 13.2 Å². The average Bonchev–Trinajstić information content (AvgIpc) is 2.42. The summed E-state index contributed by atoms with van der Waals surface area (Å²) < 4.78 is 39.8. The second kappa shape index (κ2) is 7.31. The molecule has 1 amide bonds. The molecule has 0 saturated heterocycles. The standard InChI is InChI=1S/C14H19F3N2O2/c1-4-19(3)13(20)10(2)18-9-11-5-7-12(8-6-11)21-14(15,16)17/h5-8,10,18H,4,9H2,1-3H3. The minimum absolute atomic E-state index is 0.0328. The number of rotatable bonds is 6. The van der Waals surface area contributed by atoms with E-state index in [1.807, 2.05) is 6.92 Å². The lowest BCUT2D eigenvalue weighted by atomic mass is 10.2. The summed E-state index contributed by atoms with van der Waals surface area (Å²) in [4.78, 5) is 13.4. The molecule has 1 unspecified atom stereocenters. The van der Waals surface area contributed by atoms with Gasteiger partial charge in [-0.1, -0.05) is 12.1 Å². The Morgan fingerprint density at radius 1 is 1.33 bits per heavy atom. The molecule has 1 aromatic rings. The second-order valence-corrected chi connectivity index (χ2v) is 4.65. The lowest BCUT2D eigenvalue weighted by molar-refractivity contribution is -0.274. The fourth-order valence-electron chi connectivity index (χ4n) is 1.65. The number of amides is 1. The molecule has 0 aliphatic heterocycles. The van der Waals surface area contributed by atoms with E-state index in [4.69, 9.17) is 0 Å². The fraction of sp³-hybridized carbons (Fsp3) is 0.500. The molecule has 7 heteroatoms. The van der Waals surface area contributed by atoms with Gasteiger partial charge >= 0.3 is 6.36 Å². The van der Waals surface area contributed by atoms with Gasteiger partial charge in [0.25, 0.3) is 0 Å². The number of carbonyl (C=O) groups excluding carboxylic acids is 1. The van der Waals surface area contributed by atoms with Crippen molar-refractivity contribution < 1.29 is 22.7 Å². The predicted molar refractivity (Wildman–Crippen MR) is 72.7 cm³/mol. The molecule has 0 radical (unpaired) electrons. The van der Waals surface area contributed by atoms with Crippen molar-refractivity contribution in [3.63, 3.8) is 0 Å². The number of benzene rings is 1. The highest BCUT2D eigenvalue weighted by molar-refractivity contribution is 5.81. The molecule has 0 aliphatic carbocycles. The summed E-state index contributed by atoms with van der Waals surface area (Å²) in [6, 6.07) is 5.18. The molecule has 0 saturated carbocycles. The summed E-state index contributed by atoms with van der Waals surface area (Å²) in [5.74, 6) is -0.296. The molecule has 0 fully saturated rings. The summed E-state index contributed by atoms with van der Waals surface area (Å²) >= 11 is 0. The van der Waals surface area contributed by atoms with Gasteiger partial charge in [-0.3, -0.25) is 4.79 Å². The summed E-state index contributed by atoms with van der Waals surface area (Å²) in [5.41, 5.74) is 0.767. The molecule has 1 rings (SSSR count). The monoisotopic (exact) mass is 304 g/mol. The van der Waals surface area contributed by atoms with Crippen LogP contribution in [-0.2, 0) is 11.3 Å². The van der Waals surface area contributed by atoms with Crippen molar-refractivity contribution >= 4 is 5.91 Å². The maximum absolute atomic E-state index is 12.0. The van der Waals surface area contributed by atoms with Gasteiger partial charge < -0.3 is 15.0 Å². The Morgan fingerprint density at radius 3 is 2.38 bits per heavy atom. The number of alkyl halides is 3. The highest BCUT2D eigenvalue weighted by atomic mass is 19.4. The Bertz CT molecular complexity index is 460. The van der Waals surface area contributed by atoms with Crippen LogP contribution >= 0.6 is 0 Å². The first-order valence-electron chi connectivity index (χ1n) is 6.56. The van der Waals surface area contributed by atoms with Crippen molar-refractivity contribution in [2.24, 2.45) is 0 Å². The third-order valence-corrected chi connectivity index (χ3v) is 2.99. The number of nitrogens with one attached hydrogen (secondary N) is 1. The SMILES string of the molecule is CCN(C)C(=O)C(C)NCc1ccc(OC(F)(F)F)cc1. The number of hydrogen-bond donors (Lipinski definition) is 1. The molecule has 1 N–H and O–H groups in total. The molecule has 118 valence electrons. The molecule has 0 aromatic heterocycles. The number of likely N-dealkylation sites (N-methyl/N-ethyl adjacent to an activating group) is 1. The van der Waals surface area contributed by atoms with Crippen LogP contribution in [-0.4, -0.2) is 36.8 Å². The molecular formula is C14H19F3N2O2. The number of halogens is 3. The van der Waals surface area contributed by atoms with Gasteiger partial charge in [-0.15, -0.1) is 13.2 Å². The Labute approximate surface area is 121 Å². The normalized spacial score (nSPS) is 12.9. The minimum atomic E-state index is -4.69. The Morgan fingerprint density at radius 2 is 1.90 bits per heavy atom. The average molecular weight is 304 g/mol. The molecular weight excluding hydrogens is 285 g/mol. The summed E-state index contributed by atoms with van der Waals surface area (Å²) in [6.07, 6.45) is -4.69. The molecule has 0 heterocycles. The number of carbonyl (C=O) groups is 1. The highest BCUT2D eigenvalue weighted by Crippen LogP contribution is 2.22. The molecule has 1 atom stereocenters. The van der Waals surface area contributed by atoms with E-state index in [2.05, 4.69) is 10.1 Å². The summed E-state index contributed by atoms with van der Waals surface area (Å²) in [7, 11) is 1.71. The maximum Gasteiger partial charge on any atom is 0.573 e. The summed E-state index contributed by atoms with van der Waals surface area (Å²) in [6.45, 7) is 4.63. The van der Waals surface area contributed by atoms with Gasteiger partial charge in [-0.25, -0.2) is 0 Å². The van der Waals surface area contributed by atoms with Crippen LogP contribution in [0, 0.1) is 0 Å². The topological polar surface area (TPSA) is 41.6 Å². The van der Waals surface area contributed by atoms with Crippen molar-refractivity contribution in [1.82, 2.24) is 10.2 Å². The molecule has 21 heavy (non-hydrogen) atoms. The molecule has 0 bridgehead atoms. The predicted octanol–water partition coefficient (Wildman–Crippen LogP) is 2.54. The van der Waals surface area contributed by atoms with E-state index in [0.717, 1.165) is 5.56 Å². The Balaban J connectivity index is 2.51. The van der Waals surface area contributed by atoms with E-state index in [0.29, 0.717) is 13.1 Å². The van der Waals surface area contributed by atoms with Crippen LogP contribution < -0.4 is 10.1 Å². The first-order chi connectivity index (χ1) is 9.73. The highest BCUT2D eigenvalue weighted by Gasteiger charge is 2.30. The van der Waals surface area contributed by atoms with Crippen molar-refractivity contribution in [1.29, 1.82) is 0 Å². The maximum atomic E-state index is 12.0. The van der Waals surface area contributed by atoms with Crippen molar-refractivity contribution in [3.8, 4) is 5.75 Å². The Kier molecular flexibility index (Phi) is 6.02. The lowest BCUT2D eigenvalue weighted by Crippen LogP contribution is -2.42. The minimum Gasteiger partial charge on any atom is -0.406 e. The smallest absolute Gasteiger partial charge is 0.406 e. The van der Waals surface area contributed by atoms with Crippen LogP contribution in [0.5, 0.6) is 5.75 Å². The van der Waals surface area contributed by atoms with Gasteiger partial charge in [0.2, 0.25) is 5.91 Å². The van der Waals surface area contributed by atoms with E-state index in [-0.39, 0.29) is 17.7 Å². The van der Waals surface area contributed by atoms with Crippen LogP contribution in [0.15, 0.2) is 24.3 Å². The molecule has 0 spiro atoms. The van der Waals surface area contributed by atoms with Crippen LogP contribution in [0.1, 0.15) is 19.4 Å². The van der Waals surface area contributed by atoms with Crippen molar-refractivity contribution in [2.45, 2.75) is 32.8 Å². The first kappa shape index (κ1) is 17.3. The second-order valence-electron chi connectivity index (χ2n) is 4.65. The van der Waals surface area contributed by atoms with Crippen LogP contribution in [0.2, 0.25) is 0 Å². The third kappa shape index (κ3) is 6.03. The fourth-order valence-corrected chi connectivity index (χ4v) is 1.65. The van der Waals surface area contributed by atoms with Gasteiger partial charge in [0.05, 0.1) is 6.04 Å². The number of nitrogens with zero attached hydrogens (tertiary/aromatic N) is 1. The molecule has 0 aliphatic rings. The third-order valence-electron chi connectivity index (χ3n) is 2.99.